The molecule has 1 aromatic carbocycles. The normalized spacial score (nSPS) is 23.6. The molecule has 3 nitrogen and oxygen atoms in total. The molecule has 1 N–H and O–H groups in total. The van der Waals surface area contributed by atoms with Gasteiger partial charge in [0.2, 0.25) is 0 Å². The van der Waals surface area contributed by atoms with Crippen LogP contribution in [-0.4, -0.2) is 36.7 Å². The number of fused-ring (bicyclic) bond motifs is 1. The van der Waals surface area contributed by atoms with Crippen LogP contribution in [-0.2, 0) is 13.0 Å². The van der Waals surface area contributed by atoms with E-state index in [1.54, 1.807) is 0 Å². The molecule has 0 spiro atoms. The van der Waals surface area contributed by atoms with Crippen molar-refractivity contribution >= 4 is 0 Å². The molecule has 1 unspecified atom stereocenters. The second-order valence-electron chi connectivity index (χ2n) is 5.94. The molecule has 2 aliphatic rings. The molecule has 2 aliphatic heterocycles. The van der Waals surface area contributed by atoms with E-state index >= 15 is 0 Å². The average Bonchev–Trinajstić information content (AvgIpc) is 2.88. The second kappa shape index (κ2) is 5.51. The highest BCUT2D eigenvalue weighted by Gasteiger charge is 2.26. The van der Waals surface area contributed by atoms with Gasteiger partial charge in [0.25, 0.3) is 0 Å². The van der Waals surface area contributed by atoms with E-state index in [-0.39, 0.29) is 0 Å². The number of hydrogen-bond acceptors (Lipinski definition) is 3. The molecule has 0 bridgehead atoms. The van der Waals surface area contributed by atoms with Crippen molar-refractivity contribution in [3.8, 4) is 5.75 Å². The quantitative estimate of drug-likeness (QED) is 0.901. The first kappa shape index (κ1) is 12.9. The van der Waals surface area contributed by atoms with Gasteiger partial charge in [-0.15, -0.1) is 0 Å². The van der Waals surface area contributed by atoms with E-state index in [2.05, 4.69) is 42.3 Å². The van der Waals surface area contributed by atoms with Crippen molar-refractivity contribution in [2.75, 3.05) is 19.6 Å². The molecule has 104 valence electrons. The van der Waals surface area contributed by atoms with Gasteiger partial charge in [0.1, 0.15) is 11.9 Å². The largest absolute Gasteiger partial charge is 0.489 e. The number of ether oxygens (including phenoxy) is 1. The summed E-state index contributed by atoms with van der Waals surface area (Å²) in [5.41, 5.74) is 2.83. The summed E-state index contributed by atoms with van der Waals surface area (Å²) in [5, 5.41) is 3.42. The highest BCUT2D eigenvalue weighted by molar-refractivity contribution is 5.41. The standard InChI is InChI=1S/C16H24N2O/c1-12(2)18-9-7-14(11-18)19-16-5-3-4-13-10-17-8-6-15(13)16/h3-5,12,14,17H,6-11H2,1-2H3. The number of nitrogens with one attached hydrogen (secondary N) is 1. The molecular weight excluding hydrogens is 236 g/mol. The van der Waals surface area contributed by atoms with Crippen LogP contribution in [0.4, 0.5) is 0 Å². The Hall–Kier alpha value is -1.06. The van der Waals surface area contributed by atoms with Crippen LogP contribution in [0, 0.1) is 0 Å². The number of nitrogens with zero attached hydrogens (tertiary/aromatic N) is 1. The monoisotopic (exact) mass is 260 g/mol. The van der Waals surface area contributed by atoms with E-state index in [9.17, 15) is 0 Å². The van der Waals surface area contributed by atoms with Crippen molar-refractivity contribution in [3.63, 3.8) is 0 Å². The highest BCUT2D eigenvalue weighted by atomic mass is 16.5. The highest BCUT2D eigenvalue weighted by Crippen LogP contribution is 2.28. The molecule has 0 aromatic heterocycles. The van der Waals surface area contributed by atoms with Crippen molar-refractivity contribution in [3.05, 3.63) is 29.3 Å². The summed E-state index contributed by atoms with van der Waals surface area (Å²) in [6, 6.07) is 7.10. The number of hydrogen-bond donors (Lipinski definition) is 1. The minimum absolute atomic E-state index is 0.365. The van der Waals surface area contributed by atoms with Crippen LogP contribution in [0.15, 0.2) is 18.2 Å². The third kappa shape index (κ3) is 2.77. The number of rotatable bonds is 3. The molecule has 0 saturated carbocycles. The van der Waals surface area contributed by atoms with Gasteiger partial charge in [-0.2, -0.15) is 0 Å². The lowest BCUT2D eigenvalue weighted by Gasteiger charge is -2.23. The molecule has 0 radical (unpaired) electrons. The zero-order valence-corrected chi connectivity index (χ0v) is 12.0. The molecule has 1 fully saturated rings. The van der Waals surface area contributed by atoms with Crippen LogP contribution >= 0.6 is 0 Å². The molecule has 1 atom stereocenters. The summed E-state index contributed by atoms with van der Waals surface area (Å²) in [7, 11) is 0. The maximum atomic E-state index is 6.28. The van der Waals surface area contributed by atoms with E-state index in [1.807, 2.05) is 0 Å². The molecule has 1 aromatic rings. The Labute approximate surface area is 115 Å². The van der Waals surface area contributed by atoms with Crippen LogP contribution in [0.1, 0.15) is 31.4 Å². The van der Waals surface area contributed by atoms with Crippen LogP contribution in [0.2, 0.25) is 0 Å². The van der Waals surface area contributed by atoms with Crippen LogP contribution in [0.5, 0.6) is 5.75 Å². The Morgan fingerprint density at radius 3 is 3.05 bits per heavy atom. The summed E-state index contributed by atoms with van der Waals surface area (Å²) in [6.07, 6.45) is 2.61. The lowest BCUT2D eigenvalue weighted by molar-refractivity contribution is 0.185. The number of likely N-dealkylation sites (tertiary alicyclic amines) is 1. The minimum Gasteiger partial charge on any atom is -0.489 e. The van der Waals surface area contributed by atoms with Gasteiger partial charge >= 0.3 is 0 Å². The minimum atomic E-state index is 0.365. The Kier molecular flexibility index (Phi) is 3.76. The molecule has 2 heterocycles. The van der Waals surface area contributed by atoms with E-state index < -0.39 is 0 Å². The van der Waals surface area contributed by atoms with E-state index in [0.29, 0.717) is 12.1 Å². The SMILES string of the molecule is CC(C)N1CCC(Oc2cccc3c2CCNC3)C1. The van der Waals surface area contributed by atoms with Gasteiger partial charge in [-0.1, -0.05) is 12.1 Å². The zero-order chi connectivity index (χ0) is 13.2. The fourth-order valence-corrected chi connectivity index (χ4v) is 3.11. The zero-order valence-electron chi connectivity index (χ0n) is 12.0. The van der Waals surface area contributed by atoms with Crippen LogP contribution < -0.4 is 10.1 Å². The first-order chi connectivity index (χ1) is 9.24. The van der Waals surface area contributed by atoms with E-state index in [0.717, 1.165) is 38.2 Å². The number of benzene rings is 1. The predicted molar refractivity (Wildman–Crippen MR) is 77.6 cm³/mol. The lowest BCUT2D eigenvalue weighted by Crippen LogP contribution is -2.31. The van der Waals surface area contributed by atoms with Crippen molar-refractivity contribution in [2.45, 2.75) is 45.4 Å². The van der Waals surface area contributed by atoms with E-state index in [1.165, 1.54) is 17.7 Å². The molecule has 1 saturated heterocycles. The summed E-state index contributed by atoms with van der Waals surface area (Å²) < 4.78 is 6.28. The first-order valence-corrected chi connectivity index (χ1v) is 7.46. The van der Waals surface area contributed by atoms with Gasteiger partial charge in [-0.05, 0) is 50.4 Å². The molecule has 0 aliphatic carbocycles. The van der Waals surface area contributed by atoms with Gasteiger partial charge in [0, 0.05) is 25.7 Å². The Morgan fingerprint density at radius 1 is 1.37 bits per heavy atom. The van der Waals surface area contributed by atoms with Crippen LogP contribution in [0.25, 0.3) is 0 Å². The Morgan fingerprint density at radius 2 is 2.26 bits per heavy atom. The fraction of sp³-hybridized carbons (Fsp3) is 0.625. The first-order valence-electron chi connectivity index (χ1n) is 7.46. The summed E-state index contributed by atoms with van der Waals surface area (Å²) in [6.45, 7) is 8.81. The summed E-state index contributed by atoms with van der Waals surface area (Å²) in [5.74, 6) is 1.12. The smallest absolute Gasteiger partial charge is 0.123 e. The van der Waals surface area contributed by atoms with Crippen molar-refractivity contribution < 1.29 is 4.74 Å². The van der Waals surface area contributed by atoms with Gasteiger partial charge in [-0.3, -0.25) is 4.90 Å². The third-order valence-corrected chi connectivity index (χ3v) is 4.30. The van der Waals surface area contributed by atoms with E-state index in [4.69, 9.17) is 4.74 Å². The molecule has 0 amide bonds. The van der Waals surface area contributed by atoms with Crippen LogP contribution in [0.3, 0.4) is 0 Å². The van der Waals surface area contributed by atoms with Crippen molar-refractivity contribution in [1.29, 1.82) is 0 Å². The Bertz CT molecular complexity index is 444. The maximum Gasteiger partial charge on any atom is 0.123 e. The van der Waals surface area contributed by atoms with Gasteiger partial charge in [-0.25, -0.2) is 0 Å². The molecule has 3 heteroatoms. The fourth-order valence-electron chi connectivity index (χ4n) is 3.11. The summed E-state index contributed by atoms with van der Waals surface area (Å²) >= 11 is 0. The summed E-state index contributed by atoms with van der Waals surface area (Å²) in [4.78, 5) is 2.50. The molecular formula is C16H24N2O. The molecule has 19 heavy (non-hydrogen) atoms. The Balaban J connectivity index is 1.71. The van der Waals surface area contributed by atoms with Crippen molar-refractivity contribution in [2.24, 2.45) is 0 Å². The van der Waals surface area contributed by atoms with Gasteiger partial charge < -0.3 is 10.1 Å². The topological polar surface area (TPSA) is 24.5 Å². The maximum absolute atomic E-state index is 6.28. The predicted octanol–water partition coefficient (Wildman–Crippen LogP) is 2.19. The molecule has 3 rings (SSSR count). The van der Waals surface area contributed by atoms with Crippen molar-refractivity contribution in [1.82, 2.24) is 10.2 Å². The average molecular weight is 260 g/mol. The van der Waals surface area contributed by atoms with Gasteiger partial charge in [0.05, 0.1) is 0 Å². The lowest BCUT2D eigenvalue weighted by atomic mass is 10.00. The second-order valence-corrected chi connectivity index (χ2v) is 5.94. The van der Waals surface area contributed by atoms with Gasteiger partial charge in [0.15, 0.2) is 0 Å². The third-order valence-electron chi connectivity index (χ3n) is 4.30.